The van der Waals surface area contributed by atoms with Gasteiger partial charge in [0.05, 0.1) is 23.1 Å². The van der Waals surface area contributed by atoms with Crippen LogP contribution in [0.5, 0.6) is 0 Å². The van der Waals surface area contributed by atoms with E-state index in [1.807, 2.05) is 0 Å². The summed E-state index contributed by atoms with van der Waals surface area (Å²) in [5.74, 6) is -0.895. The van der Waals surface area contributed by atoms with Gasteiger partial charge >= 0.3 is 5.97 Å². The van der Waals surface area contributed by atoms with Crippen LogP contribution in [0.4, 0.5) is 5.69 Å². The van der Waals surface area contributed by atoms with Crippen molar-refractivity contribution in [2.75, 3.05) is 6.61 Å². The monoisotopic (exact) mass is 278 g/mol. The lowest BCUT2D eigenvalue weighted by atomic mass is 10.1. The first-order valence-electron chi connectivity index (χ1n) is 5.66. The number of aromatic nitrogens is 1. The summed E-state index contributed by atoms with van der Waals surface area (Å²) in [5.41, 5.74) is -1.82. The second-order valence-electron chi connectivity index (χ2n) is 3.87. The summed E-state index contributed by atoms with van der Waals surface area (Å²) in [7, 11) is 0. The molecule has 0 radical (unpaired) electrons. The molecule has 2 rings (SSSR count). The number of fused-ring (bicyclic) bond motifs is 1. The third-order valence-electron chi connectivity index (χ3n) is 2.68. The van der Waals surface area contributed by atoms with Gasteiger partial charge in [-0.05, 0) is 13.0 Å². The number of pyridine rings is 1. The molecule has 1 N–H and O–H groups in total. The molecule has 0 aliphatic rings. The van der Waals surface area contributed by atoms with Gasteiger partial charge in [0.15, 0.2) is 5.52 Å². The fourth-order valence-corrected chi connectivity index (χ4v) is 1.85. The van der Waals surface area contributed by atoms with Crippen molar-refractivity contribution in [2.45, 2.75) is 6.92 Å². The summed E-state index contributed by atoms with van der Waals surface area (Å²) in [6.07, 6.45) is 0.815. The minimum absolute atomic E-state index is 0.0661. The Morgan fingerprint density at radius 1 is 1.50 bits per heavy atom. The molecule has 0 saturated carbocycles. The smallest absolute Gasteiger partial charge is 0.343 e. The Balaban J connectivity index is 2.82. The summed E-state index contributed by atoms with van der Waals surface area (Å²) in [4.78, 5) is 33.9. The van der Waals surface area contributed by atoms with Crippen molar-refractivity contribution in [1.29, 1.82) is 0 Å². The Labute approximate surface area is 111 Å². The molecule has 0 unspecified atom stereocenters. The van der Waals surface area contributed by atoms with Crippen molar-refractivity contribution in [1.82, 2.24) is 4.73 Å². The molecule has 104 valence electrons. The molecule has 0 fully saturated rings. The van der Waals surface area contributed by atoms with E-state index in [2.05, 4.69) is 0 Å². The molecule has 0 amide bonds. The summed E-state index contributed by atoms with van der Waals surface area (Å²) in [6, 6.07) is 3.75. The van der Waals surface area contributed by atoms with Crippen molar-refractivity contribution < 1.29 is 19.7 Å². The average Bonchev–Trinajstić information content (AvgIpc) is 2.42. The number of non-ortho nitro benzene ring substituents is 1. The maximum Gasteiger partial charge on any atom is 0.343 e. The van der Waals surface area contributed by atoms with Gasteiger partial charge in [0.1, 0.15) is 5.56 Å². The summed E-state index contributed by atoms with van der Waals surface area (Å²) < 4.78 is 5.08. The van der Waals surface area contributed by atoms with Crippen LogP contribution in [0.15, 0.2) is 29.2 Å². The molecular weight excluding hydrogens is 268 g/mol. The van der Waals surface area contributed by atoms with Crippen LogP contribution >= 0.6 is 0 Å². The molecule has 20 heavy (non-hydrogen) atoms. The lowest BCUT2D eigenvalue weighted by molar-refractivity contribution is -0.383. The maximum absolute atomic E-state index is 12.1. The minimum Gasteiger partial charge on any atom is -0.462 e. The van der Waals surface area contributed by atoms with Crippen LogP contribution in [0.3, 0.4) is 0 Å². The zero-order chi connectivity index (χ0) is 14.9. The number of carbonyl (C=O) groups excluding carboxylic acids is 1. The van der Waals surface area contributed by atoms with E-state index in [4.69, 9.17) is 4.74 Å². The topological polar surface area (TPSA) is 112 Å². The van der Waals surface area contributed by atoms with E-state index in [0.717, 1.165) is 12.3 Å². The molecule has 0 atom stereocenters. The van der Waals surface area contributed by atoms with Gasteiger partial charge in [-0.3, -0.25) is 14.9 Å². The van der Waals surface area contributed by atoms with E-state index in [-0.39, 0.29) is 23.1 Å². The average molecular weight is 278 g/mol. The van der Waals surface area contributed by atoms with Gasteiger partial charge in [-0.1, -0.05) is 6.07 Å². The Morgan fingerprint density at radius 3 is 2.80 bits per heavy atom. The molecule has 0 saturated heterocycles. The quantitative estimate of drug-likeness (QED) is 0.392. The summed E-state index contributed by atoms with van der Waals surface area (Å²) >= 11 is 0. The number of nitrogens with zero attached hydrogens (tertiary/aromatic N) is 2. The van der Waals surface area contributed by atoms with Crippen LogP contribution in [0.1, 0.15) is 17.3 Å². The SMILES string of the molecule is CCOC(=O)c1cn(O)c2c([N+](=O)[O-])cccc2c1=O. The fourth-order valence-electron chi connectivity index (χ4n) is 1.85. The third kappa shape index (κ3) is 2.07. The highest BCUT2D eigenvalue weighted by atomic mass is 16.6. The zero-order valence-electron chi connectivity index (χ0n) is 10.4. The van der Waals surface area contributed by atoms with Crippen molar-refractivity contribution in [3.05, 3.63) is 50.3 Å². The normalized spacial score (nSPS) is 10.4. The summed E-state index contributed by atoms with van der Waals surface area (Å²) in [6.45, 7) is 1.64. The molecule has 1 heterocycles. The van der Waals surface area contributed by atoms with E-state index >= 15 is 0 Å². The highest BCUT2D eigenvalue weighted by molar-refractivity contribution is 5.95. The van der Waals surface area contributed by atoms with Gasteiger partial charge in [0.2, 0.25) is 5.43 Å². The Kier molecular flexibility index (Phi) is 3.38. The molecule has 1 aromatic heterocycles. The number of nitro benzene ring substituents is 1. The summed E-state index contributed by atoms with van der Waals surface area (Å²) in [5, 5.41) is 20.5. The molecule has 8 heteroatoms. The van der Waals surface area contributed by atoms with Gasteiger partial charge in [0, 0.05) is 6.07 Å². The highest BCUT2D eigenvalue weighted by Gasteiger charge is 2.21. The van der Waals surface area contributed by atoms with Gasteiger partial charge in [-0.15, -0.1) is 0 Å². The van der Waals surface area contributed by atoms with E-state index in [1.165, 1.54) is 12.1 Å². The molecule has 0 aliphatic carbocycles. The molecule has 8 nitrogen and oxygen atoms in total. The first-order chi connectivity index (χ1) is 9.47. The van der Waals surface area contributed by atoms with E-state index < -0.39 is 22.0 Å². The first kappa shape index (κ1) is 13.5. The molecule has 1 aromatic carbocycles. The van der Waals surface area contributed by atoms with Crippen LogP contribution < -0.4 is 5.43 Å². The fraction of sp³-hybridized carbons (Fsp3) is 0.167. The van der Waals surface area contributed by atoms with Crippen LogP contribution in [-0.4, -0.2) is 27.4 Å². The van der Waals surface area contributed by atoms with Crippen LogP contribution in [0.25, 0.3) is 10.9 Å². The van der Waals surface area contributed by atoms with Gasteiger partial charge in [-0.2, -0.15) is 4.73 Å². The standard InChI is InChI=1S/C12H10N2O6/c1-2-20-12(16)8-6-13(17)10-7(11(8)15)4-3-5-9(10)14(18)19/h3-6,17H,2H2,1H3. The Morgan fingerprint density at radius 2 is 2.20 bits per heavy atom. The van der Waals surface area contributed by atoms with E-state index in [1.54, 1.807) is 6.92 Å². The predicted octanol–water partition coefficient (Wildman–Crippen LogP) is 1.32. The third-order valence-corrected chi connectivity index (χ3v) is 2.68. The number of esters is 1. The van der Waals surface area contributed by atoms with Crippen molar-refractivity contribution in [2.24, 2.45) is 0 Å². The zero-order valence-corrected chi connectivity index (χ0v) is 10.4. The highest BCUT2D eigenvalue weighted by Crippen LogP contribution is 2.23. The van der Waals surface area contributed by atoms with Crippen molar-refractivity contribution >= 4 is 22.6 Å². The van der Waals surface area contributed by atoms with E-state index in [0.29, 0.717) is 4.73 Å². The number of nitro groups is 1. The lowest BCUT2D eigenvalue weighted by Gasteiger charge is -2.07. The van der Waals surface area contributed by atoms with Gasteiger partial charge in [-0.25, -0.2) is 4.79 Å². The number of hydrogen-bond acceptors (Lipinski definition) is 6. The van der Waals surface area contributed by atoms with Crippen molar-refractivity contribution in [3.63, 3.8) is 0 Å². The molecular formula is C12H10N2O6. The van der Waals surface area contributed by atoms with Crippen LogP contribution in [0.2, 0.25) is 0 Å². The number of carbonyl (C=O) groups is 1. The lowest BCUT2D eigenvalue weighted by Crippen LogP contribution is -2.20. The number of rotatable bonds is 3. The first-order valence-corrected chi connectivity index (χ1v) is 5.66. The van der Waals surface area contributed by atoms with Gasteiger partial charge < -0.3 is 9.94 Å². The molecule has 0 bridgehead atoms. The van der Waals surface area contributed by atoms with Gasteiger partial charge in [0.25, 0.3) is 5.69 Å². The second kappa shape index (κ2) is 5.00. The Bertz CT molecular complexity index is 764. The van der Waals surface area contributed by atoms with Crippen LogP contribution in [-0.2, 0) is 4.74 Å². The van der Waals surface area contributed by atoms with Crippen molar-refractivity contribution in [3.8, 4) is 0 Å². The Hall–Kier alpha value is -2.90. The largest absolute Gasteiger partial charge is 0.462 e. The molecule has 0 aliphatic heterocycles. The number of para-hydroxylation sites is 1. The van der Waals surface area contributed by atoms with Crippen LogP contribution in [0, 0.1) is 10.1 Å². The predicted molar refractivity (Wildman–Crippen MR) is 68.0 cm³/mol. The second-order valence-corrected chi connectivity index (χ2v) is 3.87. The number of benzene rings is 1. The number of hydrogen-bond donors (Lipinski definition) is 1. The molecule has 2 aromatic rings. The molecule has 0 spiro atoms. The maximum atomic E-state index is 12.1. The van der Waals surface area contributed by atoms with E-state index in [9.17, 15) is 24.9 Å². The number of ether oxygens (including phenoxy) is 1. The minimum atomic E-state index is -0.895.